The zero-order chi connectivity index (χ0) is 20.9. The molecule has 2 heterocycles. The molecule has 2 aliphatic rings. The number of hydrogen-bond donors (Lipinski definition) is 0. The first kappa shape index (κ1) is 20.9. The first-order chi connectivity index (χ1) is 14.6. The summed E-state index contributed by atoms with van der Waals surface area (Å²) in [6, 6.07) is 19.1. The topological polar surface area (TPSA) is 51.3 Å². The molecule has 0 bridgehead atoms. The van der Waals surface area contributed by atoms with E-state index in [1.807, 2.05) is 60.7 Å². The molecule has 0 N–H and O–H groups in total. The largest absolute Gasteiger partial charge is 0.461 e. The Balaban J connectivity index is 1.34. The minimum Gasteiger partial charge on any atom is -0.461 e. The maximum atomic E-state index is 12.9. The van der Waals surface area contributed by atoms with E-state index >= 15 is 0 Å². The Kier molecular flexibility index (Phi) is 6.72. The molecular formula is C23H25F2NO4. The van der Waals surface area contributed by atoms with Crippen LogP contribution in [0.2, 0.25) is 0 Å². The van der Waals surface area contributed by atoms with Crippen molar-refractivity contribution in [1.29, 1.82) is 0 Å². The lowest BCUT2D eigenvalue weighted by molar-refractivity contribution is -0.151. The molecule has 30 heavy (non-hydrogen) atoms. The van der Waals surface area contributed by atoms with Crippen LogP contribution in [0, 0.1) is 11.8 Å². The van der Waals surface area contributed by atoms with E-state index in [2.05, 4.69) is 0 Å². The molecule has 5 nitrogen and oxygen atoms in total. The van der Waals surface area contributed by atoms with Crippen LogP contribution in [0.15, 0.2) is 60.7 Å². The molecule has 2 aliphatic heterocycles. The van der Waals surface area contributed by atoms with E-state index in [4.69, 9.17) is 14.2 Å². The summed E-state index contributed by atoms with van der Waals surface area (Å²) < 4.78 is 42.8. The number of nitrogens with zero attached hydrogens (tertiary/aromatic N) is 1. The van der Waals surface area contributed by atoms with Crippen LogP contribution >= 0.6 is 0 Å². The summed E-state index contributed by atoms with van der Waals surface area (Å²) in [4.78, 5) is 14.4. The zero-order valence-electron chi connectivity index (χ0n) is 16.5. The van der Waals surface area contributed by atoms with Gasteiger partial charge in [-0.25, -0.2) is 8.78 Å². The fraction of sp³-hybridized carbons (Fsp3) is 0.435. The first-order valence-electron chi connectivity index (χ1n) is 10.1. The normalized spacial score (nSPS) is 26.1. The highest BCUT2D eigenvalue weighted by atomic mass is 19.3. The molecule has 160 valence electrons. The minimum atomic E-state index is -2.45. The fourth-order valence-corrected chi connectivity index (χ4v) is 3.97. The van der Waals surface area contributed by atoms with E-state index in [9.17, 15) is 13.6 Å². The predicted octanol–water partition coefficient (Wildman–Crippen LogP) is 3.48. The van der Waals surface area contributed by atoms with E-state index in [-0.39, 0.29) is 37.7 Å². The van der Waals surface area contributed by atoms with Crippen LogP contribution in [0.1, 0.15) is 11.1 Å². The summed E-state index contributed by atoms with van der Waals surface area (Å²) in [5.74, 6) is -1.12. The van der Waals surface area contributed by atoms with E-state index < -0.39 is 18.6 Å². The number of rotatable bonds is 9. The molecule has 0 aliphatic carbocycles. The zero-order valence-corrected chi connectivity index (χ0v) is 16.5. The summed E-state index contributed by atoms with van der Waals surface area (Å²) >= 11 is 0. The molecule has 0 spiro atoms. The molecule has 2 saturated heterocycles. The van der Waals surface area contributed by atoms with Gasteiger partial charge in [0, 0.05) is 19.0 Å². The van der Waals surface area contributed by atoms with Crippen LogP contribution < -0.4 is 0 Å². The minimum absolute atomic E-state index is 0.164. The molecule has 0 radical (unpaired) electrons. The molecule has 4 rings (SSSR count). The Bertz CT molecular complexity index is 820. The monoisotopic (exact) mass is 417 g/mol. The summed E-state index contributed by atoms with van der Waals surface area (Å²) in [7, 11) is 0. The Hall–Kier alpha value is -2.35. The molecule has 7 heteroatoms. The van der Waals surface area contributed by atoms with Crippen LogP contribution in [0.25, 0.3) is 0 Å². The second-order valence-corrected chi connectivity index (χ2v) is 7.74. The van der Waals surface area contributed by atoms with Gasteiger partial charge in [0.2, 0.25) is 0 Å². The van der Waals surface area contributed by atoms with Crippen molar-refractivity contribution in [1.82, 2.24) is 4.90 Å². The van der Waals surface area contributed by atoms with Crippen molar-refractivity contribution in [3.63, 3.8) is 0 Å². The maximum Gasteiger partial charge on any atom is 0.311 e. The number of ether oxygens (including phenoxy) is 3. The number of hydrogen-bond acceptors (Lipinski definition) is 5. The standard InChI is InChI=1S/C23H25F2NO4/c24-20(25)13-26-11-18(21-23(30-21)29-15-17-9-5-2-6-10-17)19(12-26)22(27)28-14-16-7-3-1-4-8-16/h1-10,18-21,23H,11-15H2/t18-,19-,21?,23?/m0/s1. The number of carbonyl (C=O) groups excluding carboxylic acids is 1. The van der Waals surface area contributed by atoms with Gasteiger partial charge in [-0.1, -0.05) is 60.7 Å². The van der Waals surface area contributed by atoms with Crippen LogP contribution in [-0.4, -0.2) is 49.3 Å². The van der Waals surface area contributed by atoms with Crippen molar-refractivity contribution >= 4 is 5.97 Å². The molecule has 0 amide bonds. The SMILES string of the molecule is O=C(OCc1ccccc1)[C@H]1CN(CC(F)F)C[C@@H]1C1OC1OCc1ccccc1. The van der Waals surface area contributed by atoms with E-state index in [1.165, 1.54) is 0 Å². The molecule has 0 saturated carbocycles. The molecule has 2 aromatic rings. The van der Waals surface area contributed by atoms with Gasteiger partial charge < -0.3 is 14.2 Å². The number of carbonyl (C=O) groups is 1. The van der Waals surface area contributed by atoms with Crippen molar-refractivity contribution in [2.45, 2.75) is 32.0 Å². The second kappa shape index (κ2) is 9.64. The highest BCUT2D eigenvalue weighted by Gasteiger charge is 2.54. The molecule has 2 unspecified atom stereocenters. The van der Waals surface area contributed by atoms with Gasteiger partial charge in [-0.3, -0.25) is 9.69 Å². The van der Waals surface area contributed by atoms with Crippen LogP contribution in [0.5, 0.6) is 0 Å². The Morgan fingerprint density at radius 1 is 1.00 bits per heavy atom. The average Bonchev–Trinajstić information content (AvgIpc) is 3.42. The third-order valence-electron chi connectivity index (χ3n) is 5.53. The Morgan fingerprint density at radius 3 is 2.27 bits per heavy atom. The van der Waals surface area contributed by atoms with Gasteiger partial charge in [-0.05, 0) is 11.1 Å². The van der Waals surface area contributed by atoms with Gasteiger partial charge in [0.25, 0.3) is 6.43 Å². The highest BCUT2D eigenvalue weighted by molar-refractivity contribution is 5.73. The molecule has 4 atom stereocenters. The molecule has 0 aromatic heterocycles. The highest BCUT2D eigenvalue weighted by Crippen LogP contribution is 2.40. The molecule has 2 fully saturated rings. The number of likely N-dealkylation sites (tertiary alicyclic amines) is 1. The van der Waals surface area contributed by atoms with Gasteiger partial charge in [0.15, 0.2) is 6.29 Å². The summed E-state index contributed by atoms with van der Waals surface area (Å²) in [6.07, 6.45) is -3.16. The van der Waals surface area contributed by atoms with E-state index in [0.29, 0.717) is 13.2 Å². The van der Waals surface area contributed by atoms with Crippen molar-refractivity contribution in [2.24, 2.45) is 11.8 Å². The first-order valence-corrected chi connectivity index (χ1v) is 10.1. The summed E-state index contributed by atoms with van der Waals surface area (Å²) in [6.45, 7) is 0.816. The summed E-state index contributed by atoms with van der Waals surface area (Å²) in [5, 5.41) is 0. The van der Waals surface area contributed by atoms with Crippen LogP contribution in [0.3, 0.4) is 0 Å². The van der Waals surface area contributed by atoms with Gasteiger partial charge in [-0.2, -0.15) is 0 Å². The van der Waals surface area contributed by atoms with Gasteiger partial charge in [0.1, 0.15) is 12.7 Å². The number of esters is 1. The number of halogens is 2. The molecular weight excluding hydrogens is 392 g/mol. The lowest BCUT2D eigenvalue weighted by Crippen LogP contribution is -2.29. The fourth-order valence-electron chi connectivity index (χ4n) is 3.97. The smallest absolute Gasteiger partial charge is 0.311 e. The Morgan fingerprint density at radius 2 is 1.63 bits per heavy atom. The summed E-state index contributed by atoms with van der Waals surface area (Å²) in [5.41, 5.74) is 1.91. The van der Waals surface area contributed by atoms with E-state index in [0.717, 1.165) is 11.1 Å². The van der Waals surface area contributed by atoms with Crippen LogP contribution in [0.4, 0.5) is 8.78 Å². The second-order valence-electron chi connectivity index (χ2n) is 7.74. The van der Waals surface area contributed by atoms with Crippen molar-refractivity contribution in [2.75, 3.05) is 19.6 Å². The lowest BCUT2D eigenvalue weighted by atomic mass is 9.93. The molecule has 2 aromatic carbocycles. The third-order valence-corrected chi connectivity index (χ3v) is 5.53. The van der Waals surface area contributed by atoms with Crippen LogP contribution in [-0.2, 0) is 32.2 Å². The van der Waals surface area contributed by atoms with Crippen molar-refractivity contribution < 1.29 is 27.8 Å². The number of epoxide rings is 1. The van der Waals surface area contributed by atoms with Gasteiger partial charge in [-0.15, -0.1) is 0 Å². The number of alkyl halides is 2. The third kappa shape index (κ3) is 5.41. The van der Waals surface area contributed by atoms with Crippen molar-refractivity contribution in [3.8, 4) is 0 Å². The van der Waals surface area contributed by atoms with Crippen molar-refractivity contribution in [3.05, 3.63) is 71.8 Å². The average molecular weight is 417 g/mol. The van der Waals surface area contributed by atoms with E-state index in [1.54, 1.807) is 4.90 Å². The predicted molar refractivity (Wildman–Crippen MR) is 106 cm³/mol. The quantitative estimate of drug-likeness (QED) is 0.462. The van der Waals surface area contributed by atoms with Gasteiger partial charge in [0.05, 0.1) is 19.1 Å². The Labute approximate surface area is 174 Å². The number of benzene rings is 2. The maximum absolute atomic E-state index is 12.9. The van der Waals surface area contributed by atoms with Gasteiger partial charge >= 0.3 is 5.97 Å². The lowest BCUT2D eigenvalue weighted by Gasteiger charge is -2.15.